The first-order valence-electron chi connectivity index (χ1n) is 5.69. The van der Waals surface area contributed by atoms with Crippen molar-refractivity contribution in [1.82, 2.24) is 10.2 Å². The summed E-state index contributed by atoms with van der Waals surface area (Å²) in [5.41, 5.74) is 0. The molecule has 0 aliphatic carbocycles. The van der Waals surface area contributed by atoms with E-state index in [4.69, 9.17) is 0 Å². The Morgan fingerprint density at radius 3 is 2.33 bits per heavy atom. The Morgan fingerprint density at radius 2 is 1.93 bits per heavy atom. The van der Waals surface area contributed by atoms with Crippen molar-refractivity contribution in [2.24, 2.45) is 0 Å². The van der Waals surface area contributed by atoms with Crippen LogP contribution < -0.4 is 5.32 Å². The first kappa shape index (κ1) is 14.8. The zero-order valence-electron chi connectivity index (χ0n) is 10.4. The van der Waals surface area contributed by atoms with Crippen molar-refractivity contribution in [1.29, 1.82) is 0 Å². The minimum absolute atomic E-state index is 0.208. The molecule has 0 aliphatic heterocycles. The fourth-order valence-electron chi connectivity index (χ4n) is 1.44. The Bertz CT molecular complexity index is 172. The van der Waals surface area contributed by atoms with E-state index in [1.807, 2.05) is 30.5 Å². The highest BCUT2D eigenvalue weighted by Crippen LogP contribution is 2.00. The molecular formula is C11H24N2OS. The van der Waals surface area contributed by atoms with Gasteiger partial charge in [0, 0.05) is 24.9 Å². The number of carbonyl (C=O) groups excluding carboxylic acids is 1. The van der Waals surface area contributed by atoms with Crippen LogP contribution in [0.15, 0.2) is 0 Å². The number of amides is 1. The Hall–Kier alpha value is -0.220. The zero-order chi connectivity index (χ0) is 11.7. The number of hydrogen-bond donors (Lipinski definition) is 1. The largest absolute Gasteiger partial charge is 0.342 e. The average molecular weight is 232 g/mol. The molecule has 0 aromatic carbocycles. The van der Waals surface area contributed by atoms with E-state index in [9.17, 15) is 4.79 Å². The van der Waals surface area contributed by atoms with Gasteiger partial charge >= 0.3 is 0 Å². The monoisotopic (exact) mass is 232 g/mol. The lowest BCUT2D eigenvalue weighted by molar-refractivity contribution is -0.129. The van der Waals surface area contributed by atoms with Crippen LogP contribution in [0.2, 0.25) is 0 Å². The van der Waals surface area contributed by atoms with Crippen molar-refractivity contribution in [3.8, 4) is 0 Å². The van der Waals surface area contributed by atoms with Crippen molar-refractivity contribution in [2.75, 3.05) is 31.6 Å². The van der Waals surface area contributed by atoms with Crippen molar-refractivity contribution >= 4 is 17.7 Å². The molecule has 4 heteroatoms. The Labute approximate surface area is 98.0 Å². The molecule has 0 fully saturated rings. The third-order valence-electron chi connectivity index (χ3n) is 2.52. The molecule has 0 aliphatic rings. The maximum atomic E-state index is 11.7. The maximum absolute atomic E-state index is 11.7. The molecule has 3 nitrogen and oxygen atoms in total. The lowest BCUT2D eigenvalue weighted by Gasteiger charge is -2.21. The number of hydrogen-bond acceptors (Lipinski definition) is 3. The van der Waals surface area contributed by atoms with E-state index < -0.39 is 0 Å². The van der Waals surface area contributed by atoms with Gasteiger partial charge in [-0.25, -0.2) is 0 Å². The highest BCUT2D eigenvalue weighted by molar-refractivity contribution is 7.98. The van der Waals surface area contributed by atoms with Crippen LogP contribution in [0.5, 0.6) is 0 Å². The molecule has 0 radical (unpaired) electrons. The third kappa shape index (κ3) is 6.05. The van der Waals surface area contributed by atoms with Gasteiger partial charge in [-0.15, -0.1) is 0 Å². The molecule has 1 N–H and O–H groups in total. The molecule has 0 saturated carbocycles. The van der Waals surface area contributed by atoms with Crippen molar-refractivity contribution in [3.63, 3.8) is 0 Å². The summed E-state index contributed by atoms with van der Waals surface area (Å²) in [5.74, 6) is 1.28. The second-order valence-corrected chi connectivity index (χ2v) is 4.42. The first-order valence-corrected chi connectivity index (χ1v) is 7.08. The van der Waals surface area contributed by atoms with E-state index in [-0.39, 0.29) is 5.91 Å². The van der Waals surface area contributed by atoms with Crippen molar-refractivity contribution < 1.29 is 4.79 Å². The predicted molar refractivity (Wildman–Crippen MR) is 68.4 cm³/mol. The Kier molecular flexibility index (Phi) is 8.91. The van der Waals surface area contributed by atoms with Gasteiger partial charge in [0.15, 0.2) is 0 Å². The van der Waals surface area contributed by atoms with E-state index in [0.717, 1.165) is 25.3 Å². The van der Waals surface area contributed by atoms with Crippen LogP contribution in [0, 0.1) is 0 Å². The summed E-state index contributed by atoms with van der Waals surface area (Å²) < 4.78 is 0. The van der Waals surface area contributed by atoms with Gasteiger partial charge in [0.05, 0.1) is 6.54 Å². The molecule has 0 saturated heterocycles. The van der Waals surface area contributed by atoms with Gasteiger partial charge in [0.25, 0.3) is 0 Å². The zero-order valence-corrected chi connectivity index (χ0v) is 11.2. The summed E-state index contributed by atoms with van der Waals surface area (Å²) in [7, 11) is 0. The van der Waals surface area contributed by atoms with Crippen molar-refractivity contribution in [3.05, 3.63) is 0 Å². The van der Waals surface area contributed by atoms with Crippen molar-refractivity contribution in [2.45, 2.75) is 33.2 Å². The topological polar surface area (TPSA) is 32.3 Å². The number of carbonyl (C=O) groups is 1. The molecule has 0 spiro atoms. The van der Waals surface area contributed by atoms with Gasteiger partial charge in [-0.1, -0.05) is 6.92 Å². The highest BCUT2D eigenvalue weighted by atomic mass is 32.2. The van der Waals surface area contributed by atoms with E-state index in [1.165, 1.54) is 0 Å². The predicted octanol–water partition coefficient (Wildman–Crippen LogP) is 1.59. The molecule has 15 heavy (non-hydrogen) atoms. The summed E-state index contributed by atoms with van der Waals surface area (Å²) in [4.78, 5) is 13.5. The number of nitrogens with one attached hydrogen (secondary N) is 1. The van der Waals surface area contributed by atoms with E-state index in [2.05, 4.69) is 18.5 Å². The molecular weight excluding hydrogens is 208 g/mol. The molecule has 0 aromatic rings. The maximum Gasteiger partial charge on any atom is 0.236 e. The normalized spacial score (nSPS) is 12.5. The van der Waals surface area contributed by atoms with Crippen LogP contribution in [0.25, 0.3) is 0 Å². The van der Waals surface area contributed by atoms with Gasteiger partial charge in [0.2, 0.25) is 5.91 Å². The summed E-state index contributed by atoms with van der Waals surface area (Å²) in [6.07, 6.45) is 3.17. The van der Waals surface area contributed by atoms with Crippen LogP contribution in [0.1, 0.15) is 27.2 Å². The second kappa shape index (κ2) is 9.04. The molecule has 1 atom stereocenters. The van der Waals surface area contributed by atoms with Crippen LogP contribution >= 0.6 is 11.8 Å². The fourth-order valence-corrected chi connectivity index (χ4v) is 2.20. The summed E-state index contributed by atoms with van der Waals surface area (Å²) in [6, 6.07) is 0.458. The lowest BCUT2D eigenvalue weighted by Crippen LogP contribution is -2.42. The summed E-state index contributed by atoms with van der Waals surface area (Å²) in [6.45, 7) is 8.25. The smallest absolute Gasteiger partial charge is 0.236 e. The minimum atomic E-state index is 0.208. The Morgan fingerprint density at radius 1 is 1.33 bits per heavy atom. The number of likely N-dealkylation sites (N-methyl/N-ethyl adjacent to an activating group) is 1. The molecule has 1 unspecified atom stereocenters. The molecule has 1 amide bonds. The van der Waals surface area contributed by atoms with Crippen LogP contribution in [0.4, 0.5) is 0 Å². The SMILES string of the molecule is CCC(CSC)NCC(=O)N(CC)CC. The van der Waals surface area contributed by atoms with Crippen LogP contribution in [0.3, 0.4) is 0 Å². The van der Waals surface area contributed by atoms with E-state index in [0.29, 0.717) is 12.6 Å². The highest BCUT2D eigenvalue weighted by Gasteiger charge is 2.11. The van der Waals surface area contributed by atoms with E-state index in [1.54, 1.807) is 0 Å². The molecule has 90 valence electrons. The second-order valence-electron chi connectivity index (χ2n) is 3.51. The first-order chi connectivity index (χ1) is 7.19. The number of thioether (sulfide) groups is 1. The van der Waals surface area contributed by atoms with Gasteiger partial charge in [-0.3, -0.25) is 4.79 Å². The van der Waals surface area contributed by atoms with Crippen LogP contribution in [-0.2, 0) is 4.79 Å². The lowest BCUT2D eigenvalue weighted by atomic mass is 10.2. The molecule has 0 rings (SSSR count). The third-order valence-corrected chi connectivity index (χ3v) is 3.25. The van der Waals surface area contributed by atoms with Gasteiger partial charge in [-0.2, -0.15) is 11.8 Å². The standard InChI is InChI=1S/C11H24N2OS/c1-5-10(9-15-4)12-8-11(14)13(6-2)7-3/h10,12H,5-9H2,1-4H3. The molecule has 0 heterocycles. The van der Waals surface area contributed by atoms with Gasteiger partial charge in [0.1, 0.15) is 0 Å². The fraction of sp³-hybridized carbons (Fsp3) is 0.909. The summed E-state index contributed by atoms with van der Waals surface area (Å²) in [5, 5.41) is 3.31. The van der Waals surface area contributed by atoms with Crippen LogP contribution in [-0.4, -0.2) is 48.5 Å². The van der Waals surface area contributed by atoms with Gasteiger partial charge < -0.3 is 10.2 Å². The molecule has 0 aromatic heterocycles. The Balaban J connectivity index is 3.85. The average Bonchev–Trinajstić information content (AvgIpc) is 2.25. The summed E-state index contributed by atoms with van der Waals surface area (Å²) >= 11 is 1.82. The minimum Gasteiger partial charge on any atom is -0.342 e. The quantitative estimate of drug-likeness (QED) is 0.690. The van der Waals surface area contributed by atoms with Gasteiger partial charge in [-0.05, 0) is 26.5 Å². The van der Waals surface area contributed by atoms with E-state index >= 15 is 0 Å². The number of nitrogens with zero attached hydrogens (tertiary/aromatic N) is 1. The number of rotatable bonds is 8. The molecule has 0 bridgehead atoms.